The van der Waals surface area contributed by atoms with Crippen molar-refractivity contribution < 1.29 is 4.79 Å². The molecule has 1 amide bonds. The van der Waals surface area contributed by atoms with Gasteiger partial charge < -0.3 is 11.1 Å². The van der Waals surface area contributed by atoms with Gasteiger partial charge in [0.2, 0.25) is 0 Å². The van der Waals surface area contributed by atoms with E-state index in [2.05, 4.69) is 22.1 Å². The number of anilines is 1. The molecule has 0 spiro atoms. The minimum Gasteiger partial charge on any atom is -0.320 e. The normalized spacial score (nSPS) is 9.32. The van der Waals surface area contributed by atoms with Gasteiger partial charge in [-0.05, 0) is 24.3 Å². The van der Waals surface area contributed by atoms with Crippen molar-refractivity contribution in [3.8, 4) is 11.8 Å². The summed E-state index contributed by atoms with van der Waals surface area (Å²) in [4.78, 5) is 16.2. The van der Waals surface area contributed by atoms with Crippen molar-refractivity contribution in [3.05, 3.63) is 59.8 Å². The molecule has 19 heavy (non-hydrogen) atoms. The number of carbonyl (C=O) groups is 1. The molecule has 0 unspecified atom stereocenters. The first-order valence-electron chi connectivity index (χ1n) is 5.81. The van der Waals surface area contributed by atoms with Crippen LogP contribution in [-0.4, -0.2) is 17.4 Å². The van der Waals surface area contributed by atoms with Crippen LogP contribution in [0, 0.1) is 11.8 Å². The van der Waals surface area contributed by atoms with E-state index in [1.165, 1.54) is 0 Å². The highest BCUT2D eigenvalue weighted by Gasteiger charge is 2.09. The number of pyridine rings is 1. The lowest BCUT2D eigenvalue weighted by atomic mass is 10.1. The van der Waals surface area contributed by atoms with E-state index < -0.39 is 0 Å². The fourth-order valence-electron chi connectivity index (χ4n) is 1.56. The second-order valence-corrected chi connectivity index (χ2v) is 3.72. The van der Waals surface area contributed by atoms with Crippen molar-refractivity contribution in [2.24, 2.45) is 5.73 Å². The topological polar surface area (TPSA) is 68.0 Å². The van der Waals surface area contributed by atoms with Crippen LogP contribution in [-0.2, 0) is 0 Å². The van der Waals surface area contributed by atoms with E-state index in [0.717, 1.165) is 0 Å². The molecule has 1 heterocycles. The molecule has 0 aliphatic heterocycles. The van der Waals surface area contributed by atoms with Crippen LogP contribution in [0.5, 0.6) is 0 Å². The first kappa shape index (κ1) is 12.8. The van der Waals surface area contributed by atoms with Gasteiger partial charge in [0.25, 0.3) is 5.91 Å². The predicted octanol–water partition coefficient (Wildman–Crippen LogP) is 1.64. The Kier molecular flexibility index (Phi) is 4.27. The molecule has 0 aliphatic carbocycles. The number of benzene rings is 1. The molecule has 94 valence electrons. The summed E-state index contributed by atoms with van der Waals surface area (Å²) >= 11 is 0. The smallest absolute Gasteiger partial charge is 0.258 e. The average molecular weight is 251 g/mol. The standard InChI is InChI=1S/C15H13N3O/c16-10-5-7-12-6-1-2-8-13(12)15(19)18-14-9-3-4-11-17-14/h1-4,6,8-9,11H,10,16H2,(H,17,18,19). The Bertz CT molecular complexity index is 627. The lowest BCUT2D eigenvalue weighted by Crippen LogP contribution is -2.14. The summed E-state index contributed by atoms with van der Waals surface area (Å²) in [7, 11) is 0. The van der Waals surface area contributed by atoms with Crippen LogP contribution in [0.3, 0.4) is 0 Å². The molecular formula is C15H13N3O. The van der Waals surface area contributed by atoms with Crippen LogP contribution in [0.2, 0.25) is 0 Å². The zero-order valence-electron chi connectivity index (χ0n) is 10.3. The third kappa shape index (κ3) is 3.41. The lowest BCUT2D eigenvalue weighted by Gasteiger charge is -2.05. The molecule has 0 aliphatic rings. The maximum absolute atomic E-state index is 12.1. The Morgan fingerprint density at radius 1 is 1.21 bits per heavy atom. The molecule has 0 fully saturated rings. The number of nitrogens with zero attached hydrogens (tertiary/aromatic N) is 1. The summed E-state index contributed by atoms with van der Waals surface area (Å²) in [5.74, 6) is 5.90. The zero-order chi connectivity index (χ0) is 13.5. The van der Waals surface area contributed by atoms with E-state index in [-0.39, 0.29) is 12.5 Å². The van der Waals surface area contributed by atoms with Gasteiger partial charge >= 0.3 is 0 Å². The molecule has 0 bridgehead atoms. The van der Waals surface area contributed by atoms with Crippen LogP contribution in [0.15, 0.2) is 48.7 Å². The van der Waals surface area contributed by atoms with Crippen molar-refractivity contribution in [3.63, 3.8) is 0 Å². The molecule has 2 rings (SSSR count). The van der Waals surface area contributed by atoms with Crippen molar-refractivity contribution in [2.75, 3.05) is 11.9 Å². The largest absolute Gasteiger partial charge is 0.320 e. The number of nitrogens with two attached hydrogens (primary N) is 1. The SMILES string of the molecule is NCC#Cc1ccccc1C(=O)Nc1ccccn1. The van der Waals surface area contributed by atoms with Gasteiger partial charge in [0, 0.05) is 11.8 Å². The Morgan fingerprint density at radius 2 is 2.00 bits per heavy atom. The number of amides is 1. The monoisotopic (exact) mass is 251 g/mol. The fourth-order valence-corrected chi connectivity index (χ4v) is 1.56. The highest BCUT2D eigenvalue weighted by atomic mass is 16.1. The molecule has 4 nitrogen and oxygen atoms in total. The summed E-state index contributed by atoms with van der Waals surface area (Å²) in [5.41, 5.74) is 6.50. The quantitative estimate of drug-likeness (QED) is 0.797. The van der Waals surface area contributed by atoms with Crippen molar-refractivity contribution in [2.45, 2.75) is 0 Å². The maximum Gasteiger partial charge on any atom is 0.258 e. The van der Waals surface area contributed by atoms with E-state index in [1.807, 2.05) is 12.1 Å². The minimum absolute atomic E-state index is 0.236. The summed E-state index contributed by atoms with van der Waals surface area (Å²) in [6.45, 7) is 0.260. The second kappa shape index (κ2) is 6.34. The highest BCUT2D eigenvalue weighted by Crippen LogP contribution is 2.10. The second-order valence-electron chi connectivity index (χ2n) is 3.72. The van der Waals surface area contributed by atoms with Gasteiger partial charge in [-0.1, -0.05) is 30.0 Å². The molecule has 0 saturated heterocycles. The Balaban J connectivity index is 2.24. The van der Waals surface area contributed by atoms with Crippen LogP contribution < -0.4 is 11.1 Å². The Morgan fingerprint density at radius 3 is 2.74 bits per heavy atom. The summed E-state index contributed by atoms with van der Waals surface area (Å²) in [6, 6.07) is 12.5. The summed E-state index contributed by atoms with van der Waals surface area (Å²) in [6.07, 6.45) is 1.62. The number of aromatic nitrogens is 1. The van der Waals surface area contributed by atoms with Gasteiger partial charge in [0.05, 0.1) is 12.1 Å². The number of nitrogens with one attached hydrogen (secondary N) is 1. The zero-order valence-corrected chi connectivity index (χ0v) is 10.3. The van der Waals surface area contributed by atoms with Gasteiger partial charge in [0.15, 0.2) is 0 Å². The van der Waals surface area contributed by atoms with E-state index in [9.17, 15) is 4.79 Å². The van der Waals surface area contributed by atoms with Gasteiger partial charge in [-0.15, -0.1) is 0 Å². The number of hydrogen-bond donors (Lipinski definition) is 2. The Labute approximate surface area is 111 Å². The maximum atomic E-state index is 12.1. The molecule has 2 aromatic rings. The molecule has 3 N–H and O–H groups in total. The van der Waals surface area contributed by atoms with Gasteiger partial charge in [-0.25, -0.2) is 4.98 Å². The van der Waals surface area contributed by atoms with E-state index >= 15 is 0 Å². The summed E-state index contributed by atoms with van der Waals surface area (Å²) in [5, 5.41) is 2.73. The molecule has 1 aromatic carbocycles. The van der Waals surface area contributed by atoms with Crippen molar-refractivity contribution >= 4 is 11.7 Å². The third-order valence-electron chi connectivity index (χ3n) is 2.40. The van der Waals surface area contributed by atoms with Gasteiger partial charge in [-0.3, -0.25) is 4.79 Å². The fraction of sp³-hybridized carbons (Fsp3) is 0.0667. The van der Waals surface area contributed by atoms with E-state index in [4.69, 9.17) is 5.73 Å². The van der Waals surface area contributed by atoms with Gasteiger partial charge in [-0.2, -0.15) is 0 Å². The van der Waals surface area contributed by atoms with Gasteiger partial charge in [0.1, 0.15) is 5.82 Å². The third-order valence-corrected chi connectivity index (χ3v) is 2.40. The van der Waals surface area contributed by atoms with E-state index in [0.29, 0.717) is 16.9 Å². The molecule has 1 aromatic heterocycles. The number of carbonyl (C=O) groups excluding carboxylic acids is 1. The minimum atomic E-state index is -0.236. The molecule has 4 heteroatoms. The first-order valence-corrected chi connectivity index (χ1v) is 5.81. The first-order chi connectivity index (χ1) is 9.31. The molecule has 0 radical (unpaired) electrons. The number of rotatable bonds is 2. The molecular weight excluding hydrogens is 238 g/mol. The Hall–Kier alpha value is -2.64. The van der Waals surface area contributed by atoms with Crippen molar-refractivity contribution in [1.29, 1.82) is 0 Å². The molecule has 0 saturated carbocycles. The molecule has 0 atom stereocenters. The van der Waals surface area contributed by atoms with Crippen LogP contribution in [0.4, 0.5) is 5.82 Å². The van der Waals surface area contributed by atoms with Crippen LogP contribution in [0.1, 0.15) is 15.9 Å². The number of hydrogen-bond acceptors (Lipinski definition) is 3. The van der Waals surface area contributed by atoms with Crippen LogP contribution in [0.25, 0.3) is 0 Å². The summed E-state index contributed by atoms with van der Waals surface area (Å²) < 4.78 is 0. The highest BCUT2D eigenvalue weighted by molar-refractivity contribution is 6.05. The predicted molar refractivity (Wildman–Crippen MR) is 74.6 cm³/mol. The van der Waals surface area contributed by atoms with E-state index in [1.54, 1.807) is 36.5 Å². The average Bonchev–Trinajstić information content (AvgIpc) is 2.46. The van der Waals surface area contributed by atoms with Crippen LogP contribution >= 0.6 is 0 Å². The van der Waals surface area contributed by atoms with Crippen molar-refractivity contribution in [1.82, 2.24) is 4.98 Å². The lowest BCUT2D eigenvalue weighted by molar-refractivity contribution is 0.102.